The number of fused-ring (bicyclic) bond motifs is 1. The maximum atomic E-state index is 3.51. The number of hydrogen-bond acceptors (Lipinski definition) is 2. The van der Waals surface area contributed by atoms with Gasteiger partial charge in [0.2, 0.25) is 0 Å². The summed E-state index contributed by atoms with van der Waals surface area (Å²) in [5, 5.41) is 5.73. The number of benzene rings is 1. The van der Waals surface area contributed by atoms with Gasteiger partial charge in [-0.15, -0.1) is 11.3 Å². The van der Waals surface area contributed by atoms with E-state index in [-0.39, 0.29) is 0 Å². The van der Waals surface area contributed by atoms with Gasteiger partial charge < -0.3 is 5.32 Å². The predicted molar refractivity (Wildman–Crippen MR) is 87.7 cm³/mol. The lowest BCUT2D eigenvalue weighted by molar-refractivity contribution is 0.670. The summed E-state index contributed by atoms with van der Waals surface area (Å²) in [5.74, 6) is 0. The van der Waals surface area contributed by atoms with Crippen molar-refractivity contribution in [1.29, 1.82) is 0 Å². The molecule has 1 aromatic heterocycles. The molecule has 1 aliphatic carbocycles. The molecule has 0 spiro atoms. The Morgan fingerprint density at radius 1 is 1.15 bits per heavy atom. The molecule has 0 saturated heterocycles. The molecule has 0 aliphatic heterocycles. The second kappa shape index (κ2) is 6.11. The smallest absolute Gasteiger partial charge is 0.0671 e. The highest BCUT2D eigenvalue weighted by Crippen LogP contribution is 2.32. The van der Waals surface area contributed by atoms with Gasteiger partial charge in [0.25, 0.3) is 0 Å². The first-order chi connectivity index (χ1) is 9.83. The average molecular weight is 285 g/mol. The second-order valence-corrected chi connectivity index (χ2v) is 6.57. The summed E-state index contributed by atoms with van der Waals surface area (Å²) in [6, 6.07) is 9.73. The van der Waals surface area contributed by atoms with E-state index in [2.05, 4.69) is 48.9 Å². The van der Waals surface area contributed by atoms with Crippen LogP contribution in [0.25, 0.3) is 0 Å². The van der Waals surface area contributed by atoms with Crippen molar-refractivity contribution in [3.8, 4) is 0 Å². The van der Waals surface area contributed by atoms with Crippen LogP contribution in [0.5, 0.6) is 0 Å². The third-order valence-electron chi connectivity index (χ3n) is 4.42. The first kappa shape index (κ1) is 13.8. The molecule has 3 rings (SSSR count). The predicted octanol–water partition coefficient (Wildman–Crippen LogP) is 4.50. The van der Waals surface area contributed by atoms with E-state index in [0.717, 1.165) is 6.42 Å². The van der Waals surface area contributed by atoms with Gasteiger partial charge in [-0.05, 0) is 72.9 Å². The molecule has 1 unspecified atom stereocenters. The van der Waals surface area contributed by atoms with E-state index >= 15 is 0 Å². The molecule has 20 heavy (non-hydrogen) atoms. The van der Waals surface area contributed by atoms with E-state index in [0.29, 0.717) is 6.04 Å². The number of rotatable bonds is 4. The number of thiophene rings is 1. The Morgan fingerprint density at radius 3 is 2.70 bits per heavy atom. The van der Waals surface area contributed by atoms with E-state index in [9.17, 15) is 0 Å². The lowest BCUT2D eigenvalue weighted by atomic mass is 9.88. The standard InChI is InChI=1S/C18H23NS/c1-3-13-10-11-20-18(13)17(19-2)16-9-8-14-6-4-5-7-15(14)12-16/h8-12,17,19H,3-7H2,1-2H3. The van der Waals surface area contributed by atoms with Crippen molar-refractivity contribution in [1.82, 2.24) is 5.32 Å². The molecule has 1 N–H and O–H groups in total. The largest absolute Gasteiger partial charge is 0.309 e. The Kier molecular flexibility index (Phi) is 4.23. The summed E-state index contributed by atoms with van der Waals surface area (Å²) in [7, 11) is 2.07. The second-order valence-electron chi connectivity index (χ2n) is 5.62. The fourth-order valence-corrected chi connectivity index (χ4v) is 4.41. The molecule has 1 nitrogen and oxygen atoms in total. The maximum absolute atomic E-state index is 3.51. The van der Waals surface area contributed by atoms with Gasteiger partial charge in [0.1, 0.15) is 0 Å². The fourth-order valence-electron chi connectivity index (χ4n) is 3.27. The Balaban J connectivity index is 1.97. The van der Waals surface area contributed by atoms with Crippen LogP contribution >= 0.6 is 11.3 Å². The number of nitrogens with one attached hydrogen (secondary N) is 1. The highest BCUT2D eigenvalue weighted by molar-refractivity contribution is 7.10. The topological polar surface area (TPSA) is 12.0 Å². The first-order valence-corrected chi connectivity index (χ1v) is 8.56. The van der Waals surface area contributed by atoms with E-state index in [1.807, 2.05) is 11.3 Å². The SMILES string of the molecule is CCc1ccsc1C(NC)c1ccc2c(c1)CCCC2. The lowest BCUT2D eigenvalue weighted by Gasteiger charge is -2.21. The normalized spacial score (nSPS) is 15.9. The van der Waals surface area contributed by atoms with Crippen molar-refractivity contribution in [3.05, 3.63) is 56.8 Å². The van der Waals surface area contributed by atoms with Crippen LogP contribution in [0.4, 0.5) is 0 Å². The molecule has 0 saturated carbocycles. The van der Waals surface area contributed by atoms with E-state index in [1.165, 1.54) is 41.7 Å². The van der Waals surface area contributed by atoms with E-state index in [1.54, 1.807) is 11.1 Å². The van der Waals surface area contributed by atoms with Gasteiger partial charge in [-0.2, -0.15) is 0 Å². The Bertz CT molecular complexity index is 585. The minimum atomic E-state index is 0.345. The zero-order valence-corrected chi connectivity index (χ0v) is 13.2. The zero-order chi connectivity index (χ0) is 13.9. The van der Waals surface area contributed by atoms with Crippen molar-refractivity contribution in [3.63, 3.8) is 0 Å². The van der Waals surface area contributed by atoms with E-state index < -0.39 is 0 Å². The Labute approximate surface area is 126 Å². The van der Waals surface area contributed by atoms with Crippen LogP contribution in [0.15, 0.2) is 29.6 Å². The summed E-state index contributed by atoms with van der Waals surface area (Å²) in [4.78, 5) is 1.48. The van der Waals surface area contributed by atoms with Crippen LogP contribution in [-0.2, 0) is 19.3 Å². The summed E-state index contributed by atoms with van der Waals surface area (Å²) in [6.45, 7) is 2.24. The molecule has 1 aliphatic rings. The number of hydrogen-bond donors (Lipinski definition) is 1. The minimum absolute atomic E-state index is 0.345. The first-order valence-electron chi connectivity index (χ1n) is 7.68. The van der Waals surface area contributed by atoms with Crippen molar-refractivity contribution in [2.45, 2.75) is 45.1 Å². The summed E-state index contributed by atoms with van der Waals surface area (Å²) in [6.07, 6.45) is 6.33. The average Bonchev–Trinajstić information content (AvgIpc) is 2.96. The van der Waals surface area contributed by atoms with Crippen LogP contribution in [-0.4, -0.2) is 7.05 Å². The summed E-state index contributed by atoms with van der Waals surface area (Å²) >= 11 is 1.88. The van der Waals surface area contributed by atoms with Gasteiger partial charge in [0.15, 0.2) is 0 Å². The number of aryl methyl sites for hydroxylation is 3. The molecule has 0 radical (unpaired) electrons. The fraction of sp³-hybridized carbons (Fsp3) is 0.444. The van der Waals surface area contributed by atoms with Gasteiger partial charge in [-0.1, -0.05) is 25.1 Å². The quantitative estimate of drug-likeness (QED) is 0.872. The molecule has 0 fully saturated rings. The van der Waals surface area contributed by atoms with Gasteiger partial charge >= 0.3 is 0 Å². The molecule has 0 amide bonds. The van der Waals surface area contributed by atoms with Crippen molar-refractivity contribution in [2.24, 2.45) is 0 Å². The molecule has 1 atom stereocenters. The Morgan fingerprint density at radius 2 is 1.95 bits per heavy atom. The minimum Gasteiger partial charge on any atom is -0.309 e. The van der Waals surface area contributed by atoms with E-state index in [4.69, 9.17) is 0 Å². The molecule has 1 heterocycles. The van der Waals surface area contributed by atoms with Crippen LogP contribution in [0, 0.1) is 0 Å². The van der Waals surface area contributed by atoms with Gasteiger partial charge in [-0.25, -0.2) is 0 Å². The van der Waals surface area contributed by atoms with Crippen LogP contribution < -0.4 is 5.32 Å². The molecule has 2 heteroatoms. The van der Waals surface area contributed by atoms with Gasteiger partial charge in [0.05, 0.1) is 6.04 Å². The summed E-state index contributed by atoms with van der Waals surface area (Å²) < 4.78 is 0. The molecule has 0 bridgehead atoms. The molecular weight excluding hydrogens is 262 g/mol. The molecule has 106 valence electrons. The lowest BCUT2D eigenvalue weighted by Crippen LogP contribution is -2.18. The molecule has 2 aromatic rings. The Hall–Kier alpha value is -1.12. The molecular formula is C18H23NS. The van der Waals surface area contributed by atoms with Crippen molar-refractivity contribution in [2.75, 3.05) is 7.05 Å². The van der Waals surface area contributed by atoms with Crippen molar-refractivity contribution >= 4 is 11.3 Å². The molecule has 1 aromatic carbocycles. The van der Waals surface area contributed by atoms with Crippen LogP contribution in [0.2, 0.25) is 0 Å². The monoisotopic (exact) mass is 285 g/mol. The third kappa shape index (κ3) is 2.55. The van der Waals surface area contributed by atoms with Crippen LogP contribution in [0.1, 0.15) is 52.9 Å². The summed E-state index contributed by atoms with van der Waals surface area (Å²) in [5.41, 5.74) is 6.04. The highest BCUT2D eigenvalue weighted by atomic mass is 32.1. The highest BCUT2D eigenvalue weighted by Gasteiger charge is 2.18. The zero-order valence-electron chi connectivity index (χ0n) is 12.4. The van der Waals surface area contributed by atoms with Crippen LogP contribution in [0.3, 0.4) is 0 Å². The van der Waals surface area contributed by atoms with Gasteiger partial charge in [0, 0.05) is 4.88 Å². The third-order valence-corrected chi connectivity index (χ3v) is 5.44. The van der Waals surface area contributed by atoms with Crippen molar-refractivity contribution < 1.29 is 0 Å². The van der Waals surface area contributed by atoms with Gasteiger partial charge in [-0.3, -0.25) is 0 Å². The maximum Gasteiger partial charge on any atom is 0.0671 e.